The molecule has 0 fully saturated rings. The van der Waals surface area contributed by atoms with Crippen LogP contribution in [-0.2, 0) is 13.1 Å². The van der Waals surface area contributed by atoms with Gasteiger partial charge in [-0.2, -0.15) is 0 Å². The number of benzene rings is 4. The molecule has 0 heterocycles. The molecule has 0 unspecified atom stereocenters. The highest BCUT2D eigenvalue weighted by Crippen LogP contribution is 2.26. The van der Waals surface area contributed by atoms with Gasteiger partial charge >= 0.3 is 0 Å². The van der Waals surface area contributed by atoms with Crippen molar-refractivity contribution in [3.05, 3.63) is 141 Å². The van der Waals surface area contributed by atoms with Crippen LogP contribution in [-0.4, -0.2) is 22.9 Å². The first-order chi connectivity index (χ1) is 17.5. The summed E-state index contributed by atoms with van der Waals surface area (Å²) in [6.07, 6.45) is 0. The van der Waals surface area contributed by atoms with E-state index in [2.05, 4.69) is 109 Å². The summed E-state index contributed by atoms with van der Waals surface area (Å²) in [6.45, 7) is 8.20. The van der Waals surface area contributed by atoms with Crippen LogP contribution < -0.4 is 0 Å². The highest BCUT2D eigenvalue weighted by atomic mass is 35.5. The average molecular weight is 518 g/mol. The zero-order valence-electron chi connectivity index (χ0n) is 21.0. The third-order valence-electron chi connectivity index (χ3n) is 6.93. The van der Waals surface area contributed by atoms with Gasteiger partial charge in [-0.05, 0) is 60.4 Å². The molecule has 2 atom stereocenters. The lowest BCUT2D eigenvalue weighted by Gasteiger charge is -2.35. The predicted octanol–water partition coefficient (Wildman–Crippen LogP) is 8.82. The van der Waals surface area contributed by atoms with Crippen molar-refractivity contribution in [1.82, 2.24) is 9.80 Å². The van der Waals surface area contributed by atoms with E-state index < -0.39 is 0 Å². The van der Waals surface area contributed by atoms with Crippen molar-refractivity contribution in [3.63, 3.8) is 0 Å². The molecule has 4 aromatic carbocycles. The third kappa shape index (κ3) is 7.44. The van der Waals surface area contributed by atoms with E-state index in [1.54, 1.807) is 0 Å². The molecule has 0 bridgehead atoms. The average Bonchev–Trinajstić information content (AvgIpc) is 2.92. The highest BCUT2D eigenvalue weighted by molar-refractivity contribution is 6.30. The molecule has 0 aliphatic rings. The lowest BCUT2D eigenvalue weighted by molar-refractivity contribution is 0.134. The summed E-state index contributed by atoms with van der Waals surface area (Å²) in [5, 5.41) is 1.54. The highest BCUT2D eigenvalue weighted by Gasteiger charge is 2.21. The fourth-order valence-electron chi connectivity index (χ4n) is 4.61. The van der Waals surface area contributed by atoms with Gasteiger partial charge in [0, 0.05) is 48.3 Å². The van der Waals surface area contributed by atoms with Crippen LogP contribution in [0.1, 0.15) is 48.2 Å². The second-order valence-corrected chi connectivity index (χ2v) is 10.2. The van der Waals surface area contributed by atoms with Crippen molar-refractivity contribution in [2.24, 2.45) is 0 Å². The van der Waals surface area contributed by atoms with Crippen LogP contribution >= 0.6 is 23.2 Å². The number of nitrogens with zero attached hydrogens (tertiary/aromatic N) is 2. The summed E-state index contributed by atoms with van der Waals surface area (Å²) >= 11 is 12.3. The topological polar surface area (TPSA) is 6.48 Å². The van der Waals surface area contributed by atoms with Gasteiger partial charge in [0.2, 0.25) is 0 Å². The molecular weight excluding hydrogens is 483 g/mol. The van der Waals surface area contributed by atoms with Crippen molar-refractivity contribution in [2.45, 2.75) is 39.0 Å². The molecule has 2 nitrogen and oxygen atoms in total. The quantitative estimate of drug-likeness (QED) is 0.196. The molecule has 0 radical (unpaired) electrons. The normalized spacial score (nSPS) is 13.2. The van der Waals surface area contributed by atoms with Crippen LogP contribution in [0.15, 0.2) is 109 Å². The van der Waals surface area contributed by atoms with Crippen molar-refractivity contribution in [1.29, 1.82) is 0 Å². The molecule has 0 spiro atoms. The fourth-order valence-corrected chi connectivity index (χ4v) is 4.86. The molecule has 0 aliphatic heterocycles. The molecule has 0 N–H and O–H groups in total. The van der Waals surface area contributed by atoms with E-state index in [0.29, 0.717) is 0 Å². The van der Waals surface area contributed by atoms with Gasteiger partial charge in [0.05, 0.1) is 0 Å². The first-order valence-electron chi connectivity index (χ1n) is 12.6. The Morgan fingerprint density at radius 2 is 0.833 bits per heavy atom. The third-order valence-corrected chi connectivity index (χ3v) is 7.44. The standard InChI is InChI=1S/C32H34Cl2N2/c1-25(29-9-5-3-6-10-29)35(23-27-13-17-31(33)18-14-27)21-22-36(24-28-15-19-32(34)20-16-28)26(2)30-11-7-4-8-12-30/h3-20,25-26H,21-24H2,1-2H3/t25-,26-/m0/s1. The van der Waals surface area contributed by atoms with Crippen molar-refractivity contribution >= 4 is 23.2 Å². The Labute approximate surface area is 226 Å². The van der Waals surface area contributed by atoms with E-state index in [0.717, 1.165) is 36.2 Å². The summed E-state index contributed by atoms with van der Waals surface area (Å²) in [7, 11) is 0. The van der Waals surface area contributed by atoms with Crippen LogP contribution in [0.4, 0.5) is 0 Å². The van der Waals surface area contributed by atoms with E-state index in [-0.39, 0.29) is 12.1 Å². The summed E-state index contributed by atoms with van der Waals surface area (Å²) in [5.74, 6) is 0. The molecule has 4 aromatic rings. The van der Waals surface area contributed by atoms with E-state index in [4.69, 9.17) is 23.2 Å². The molecule has 36 heavy (non-hydrogen) atoms. The molecule has 0 aromatic heterocycles. The second-order valence-electron chi connectivity index (χ2n) is 9.37. The number of hydrogen-bond acceptors (Lipinski definition) is 2. The van der Waals surface area contributed by atoms with E-state index in [9.17, 15) is 0 Å². The van der Waals surface area contributed by atoms with E-state index in [1.165, 1.54) is 22.3 Å². The van der Waals surface area contributed by atoms with Gasteiger partial charge in [0.25, 0.3) is 0 Å². The Morgan fingerprint density at radius 3 is 1.17 bits per heavy atom. The Morgan fingerprint density at radius 1 is 0.500 bits per heavy atom. The van der Waals surface area contributed by atoms with Gasteiger partial charge in [-0.25, -0.2) is 0 Å². The van der Waals surface area contributed by atoms with Crippen LogP contribution in [0.5, 0.6) is 0 Å². The molecule has 4 rings (SSSR count). The summed E-state index contributed by atoms with van der Waals surface area (Å²) in [5.41, 5.74) is 5.18. The fraction of sp³-hybridized carbons (Fsp3) is 0.250. The number of rotatable bonds is 11. The van der Waals surface area contributed by atoms with Crippen molar-refractivity contribution in [3.8, 4) is 0 Å². The molecule has 0 amide bonds. The monoisotopic (exact) mass is 516 g/mol. The van der Waals surface area contributed by atoms with E-state index in [1.807, 2.05) is 24.3 Å². The van der Waals surface area contributed by atoms with E-state index >= 15 is 0 Å². The van der Waals surface area contributed by atoms with Crippen molar-refractivity contribution in [2.75, 3.05) is 13.1 Å². The molecule has 0 aliphatic carbocycles. The molecule has 0 saturated heterocycles. The van der Waals surface area contributed by atoms with Crippen LogP contribution in [0, 0.1) is 0 Å². The maximum atomic E-state index is 6.16. The maximum absolute atomic E-state index is 6.16. The zero-order chi connectivity index (χ0) is 25.3. The summed E-state index contributed by atoms with van der Waals surface area (Å²) < 4.78 is 0. The van der Waals surface area contributed by atoms with Crippen molar-refractivity contribution < 1.29 is 0 Å². The van der Waals surface area contributed by atoms with Gasteiger partial charge in [0.1, 0.15) is 0 Å². The van der Waals surface area contributed by atoms with Gasteiger partial charge < -0.3 is 0 Å². The Balaban J connectivity index is 1.56. The summed E-state index contributed by atoms with van der Waals surface area (Å²) in [6, 6.07) is 38.5. The minimum atomic E-state index is 0.284. The molecule has 186 valence electrons. The first-order valence-corrected chi connectivity index (χ1v) is 13.3. The Bertz CT molecular complexity index is 1080. The summed E-state index contributed by atoms with van der Waals surface area (Å²) in [4.78, 5) is 5.12. The second kappa shape index (κ2) is 13.1. The minimum Gasteiger partial charge on any atom is -0.291 e. The molecule has 4 heteroatoms. The minimum absolute atomic E-state index is 0.284. The van der Waals surface area contributed by atoms with Gasteiger partial charge in [0.15, 0.2) is 0 Å². The number of halogens is 2. The largest absolute Gasteiger partial charge is 0.291 e. The van der Waals surface area contributed by atoms with Crippen LogP contribution in [0.3, 0.4) is 0 Å². The van der Waals surface area contributed by atoms with Crippen LogP contribution in [0.2, 0.25) is 10.0 Å². The zero-order valence-corrected chi connectivity index (χ0v) is 22.5. The molecular formula is C32H34Cl2N2. The SMILES string of the molecule is C[C@@H](c1ccccc1)N(CCN(Cc1ccc(Cl)cc1)[C@@H](C)c1ccccc1)Cc1ccc(Cl)cc1. The Hall–Kier alpha value is -2.62. The smallest absolute Gasteiger partial charge is 0.0406 e. The predicted molar refractivity (Wildman–Crippen MR) is 153 cm³/mol. The van der Waals surface area contributed by atoms with Crippen LogP contribution in [0.25, 0.3) is 0 Å². The number of hydrogen-bond donors (Lipinski definition) is 0. The Kier molecular flexibility index (Phi) is 9.60. The lowest BCUT2D eigenvalue weighted by Crippen LogP contribution is -2.37. The van der Waals surface area contributed by atoms with Gasteiger partial charge in [-0.15, -0.1) is 0 Å². The maximum Gasteiger partial charge on any atom is 0.0406 e. The van der Waals surface area contributed by atoms with Gasteiger partial charge in [-0.3, -0.25) is 9.80 Å². The lowest BCUT2D eigenvalue weighted by atomic mass is 10.0. The first kappa shape index (κ1) is 26.4. The molecule has 0 saturated carbocycles. The van der Waals surface area contributed by atoms with Gasteiger partial charge in [-0.1, -0.05) is 108 Å².